The zero-order chi connectivity index (χ0) is 19.3. The number of likely N-dealkylation sites (tertiary alicyclic amines) is 1. The molecule has 6 heteroatoms. The predicted octanol–water partition coefficient (Wildman–Crippen LogP) is 4.04. The van der Waals surface area contributed by atoms with E-state index >= 15 is 0 Å². The van der Waals surface area contributed by atoms with Gasteiger partial charge in [-0.05, 0) is 55.2 Å². The van der Waals surface area contributed by atoms with E-state index in [9.17, 15) is 9.59 Å². The third kappa shape index (κ3) is 4.27. The number of carbonyl (C=O) groups is 2. The molecule has 148 valence electrons. The van der Waals surface area contributed by atoms with Gasteiger partial charge in [-0.3, -0.25) is 14.6 Å². The van der Waals surface area contributed by atoms with Gasteiger partial charge in [0.25, 0.3) is 5.91 Å². The molecular formula is C22H27N3O2S. The van der Waals surface area contributed by atoms with Gasteiger partial charge < -0.3 is 10.2 Å². The van der Waals surface area contributed by atoms with Crippen LogP contribution in [0.25, 0.3) is 0 Å². The average Bonchev–Trinajstić information content (AvgIpc) is 3.46. The van der Waals surface area contributed by atoms with Crippen LogP contribution in [0, 0.1) is 11.8 Å². The van der Waals surface area contributed by atoms with Crippen molar-refractivity contribution < 1.29 is 9.59 Å². The van der Waals surface area contributed by atoms with Crippen molar-refractivity contribution in [3.63, 3.8) is 0 Å². The van der Waals surface area contributed by atoms with Crippen LogP contribution in [0.2, 0.25) is 0 Å². The highest BCUT2D eigenvalue weighted by molar-refractivity contribution is 7.10. The van der Waals surface area contributed by atoms with Crippen LogP contribution in [-0.4, -0.2) is 34.8 Å². The molecule has 0 spiro atoms. The van der Waals surface area contributed by atoms with Crippen molar-refractivity contribution in [2.75, 3.05) is 13.1 Å². The number of pyridine rings is 1. The lowest BCUT2D eigenvalue weighted by Crippen LogP contribution is -2.44. The number of amides is 2. The molecule has 1 saturated heterocycles. The number of hydrogen-bond acceptors (Lipinski definition) is 4. The minimum atomic E-state index is -0.0122. The third-order valence-electron chi connectivity index (χ3n) is 6.08. The Morgan fingerprint density at radius 2 is 1.89 bits per heavy atom. The Labute approximate surface area is 170 Å². The maximum absolute atomic E-state index is 13.0. The van der Waals surface area contributed by atoms with Gasteiger partial charge in [0, 0.05) is 36.3 Å². The van der Waals surface area contributed by atoms with Gasteiger partial charge in [-0.2, -0.15) is 0 Å². The van der Waals surface area contributed by atoms with Gasteiger partial charge in [0.05, 0.1) is 11.6 Å². The number of thiophene rings is 1. The first-order chi connectivity index (χ1) is 13.7. The Morgan fingerprint density at radius 1 is 1.11 bits per heavy atom. The fourth-order valence-electron chi connectivity index (χ4n) is 4.47. The minimum absolute atomic E-state index is 0.00868. The number of carbonyl (C=O) groups excluding carboxylic acids is 2. The van der Waals surface area contributed by atoms with E-state index in [0.717, 1.165) is 12.8 Å². The summed E-state index contributed by atoms with van der Waals surface area (Å²) in [6, 6.07) is 7.92. The molecule has 2 amide bonds. The quantitative estimate of drug-likeness (QED) is 0.828. The Balaban J connectivity index is 1.35. The van der Waals surface area contributed by atoms with Crippen LogP contribution < -0.4 is 5.32 Å². The Bertz CT molecular complexity index is 779. The molecule has 1 N–H and O–H groups in total. The molecule has 1 saturated carbocycles. The van der Waals surface area contributed by atoms with Gasteiger partial charge in [0.1, 0.15) is 0 Å². The van der Waals surface area contributed by atoms with Crippen LogP contribution in [0.15, 0.2) is 42.0 Å². The molecule has 2 aromatic heterocycles. The Hall–Kier alpha value is -2.21. The van der Waals surface area contributed by atoms with E-state index in [2.05, 4.69) is 27.8 Å². The summed E-state index contributed by atoms with van der Waals surface area (Å²) in [5.41, 5.74) is 0.615. The van der Waals surface area contributed by atoms with Crippen LogP contribution in [-0.2, 0) is 4.79 Å². The standard InChI is InChI=1S/C22H27N3O2S/c26-21(24-20(16-5-1-2-6-16)19-8-4-14-28-19)17-9-12-25(13-10-17)22(27)18-7-3-11-23-15-18/h3-4,7-8,11,14-17,20H,1-2,5-6,9-10,12-13H2,(H,24,26)/t20-/m1/s1. The lowest BCUT2D eigenvalue weighted by Gasteiger charge is -2.33. The maximum Gasteiger partial charge on any atom is 0.255 e. The van der Waals surface area contributed by atoms with E-state index in [1.165, 1.54) is 30.6 Å². The van der Waals surface area contributed by atoms with Crippen LogP contribution in [0.1, 0.15) is 59.8 Å². The molecule has 2 aliphatic rings. The molecule has 0 bridgehead atoms. The second kappa shape index (κ2) is 8.86. The van der Waals surface area contributed by atoms with E-state index in [4.69, 9.17) is 0 Å². The summed E-state index contributed by atoms with van der Waals surface area (Å²) in [6.45, 7) is 1.25. The summed E-state index contributed by atoms with van der Waals surface area (Å²) in [5, 5.41) is 5.45. The second-order valence-corrected chi connectivity index (χ2v) is 8.83. The number of hydrogen-bond donors (Lipinski definition) is 1. The van der Waals surface area contributed by atoms with Crippen molar-refractivity contribution in [2.24, 2.45) is 11.8 Å². The highest BCUT2D eigenvalue weighted by Gasteiger charge is 2.32. The Kier molecular flexibility index (Phi) is 6.05. The molecule has 5 nitrogen and oxygen atoms in total. The normalized spacial score (nSPS) is 19.5. The monoisotopic (exact) mass is 397 g/mol. The lowest BCUT2D eigenvalue weighted by atomic mass is 9.92. The van der Waals surface area contributed by atoms with Gasteiger partial charge in [-0.25, -0.2) is 0 Å². The number of piperidine rings is 1. The van der Waals surface area contributed by atoms with Gasteiger partial charge in [0.2, 0.25) is 5.91 Å². The van der Waals surface area contributed by atoms with E-state index < -0.39 is 0 Å². The smallest absolute Gasteiger partial charge is 0.255 e. The molecule has 1 aliphatic heterocycles. The number of nitrogens with one attached hydrogen (secondary N) is 1. The Morgan fingerprint density at radius 3 is 2.54 bits per heavy atom. The van der Waals surface area contributed by atoms with Gasteiger partial charge in [-0.1, -0.05) is 18.9 Å². The SMILES string of the molecule is O=C(N[C@@H](c1cccs1)C1CCCC1)C1CCN(C(=O)c2cccnc2)CC1. The predicted molar refractivity (Wildman–Crippen MR) is 110 cm³/mol. The van der Waals surface area contributed by atoms with E-state index in [0.29, 0.717) is 24.6 Å². The zero-order valence-electron chi connectivity index (χ0n) is 16.0. The number of rotatable bonds is 5. The first kappa shape index (κ1) is 19.1. The van der Waals surface area contributed by atoms with Crippen molar-refractivity contribution >= 4 is 23.2 Å². The van der Waals surface area contributed by atoms with Crippen molar-refractivity contribution in [1.29, 1.82) is 0 Å². The molecule has 3 heterocycles. The number of nitrogens with zero attached hydrogens (tertiary/aromatic N) is 2. The summed E-state index contributed by atoms with van der Waals surface area (Å²) in [4.78, 5) is 32.7. The molecule has 2 aromatic rings. The largest absolute Gasteiger partial charge is 0.348 e. The van der Waals surface area contributed by atoms with Gasteiger partial charge in [-0.15, -0.1) is 11.3 Å². The molecule has 0 unspecified atom stereocenters. The van der Waals surface area contributed by atoms with Crippen molar-refractivity contribution in [3.05, 3.63) is 52.5 Å². The molecule has 0 aromatic carbocycles. The fourth-order valence-corrected chi connectivity index (χ4v) is 5.34. The molecule has 2 fully saturated rings. The lowest BCUT2D eigenvalue weighted by molar-refractivity contribution is -0.127. The van der Waals surface area contributed by atoms with Gasteiger partial charge >= 0.3 is 0 Å². The highest BCUT2D eigenvalue weighted by Crippen LogP contribution is 2.37. The van der Waals surface area contributed by atoms with Crippen LogP contribution in [0.3, 0.4) is 0 Å². The van der Waals surface area contributed by atoms with Crippen molar-refractivity contribution in [1.82, 2.24) is 15.2 Å². The highest BCUT2D eigenvalue weighted by atomic mass is 32.1. The van der Waals surface area contributed by atoms with Crippen molar-refractivity contribution in [2.45, 2.75) is 44.6 Å². The van der Waals surface area contributed by atoms with E-state index in [-0.39, 0.29) is 23.8 Å². The molecule has 1 aliphatic carbocycles. The van der Waals surface area contributed by atoms with Gasteiger partial charge in [0.15, 0.2) is 0 Å². The molecule has 28 heavy (non-hydrogen) atoms. The van der Waals surface area contributed by atoms with E-state index in [1.54, 1.807) is 35.9 Å². The fraction of sp³-hybridized carbons (Fsp3) is 0.500. The number of aromatic nitrogens is 1. The van der Waals surface area contributed by atoms with Crippen LogP contribution in [0.4, 0.5) is 0 Å². The summed E-state index contributed by atoms with van der Waals surface area (Å²) in [7, 11) is 0. The topological polar surface area (TPSA) is 62.3 Å². The summed E-state index contributed by atoms with van der Waals surface area (Å²) in [6.07, 6.45) is 9.63. The molecular weight excluding hydrogens is 370 g/mol. The van der Waals surface area contributed by atoms with Crippen LogP contribution >= 0.6 is 11.3 Å². The second-order valence-electron chi connectivity index (χ2n) is 7.85. The summed E-state index contributed by atoms with van der Waals surface area (Å²) >= 11 is 1.73. The molecule has 0 radical (unpaired) electrons. The maximum atomic E-state index is 13.0. The van der Waals surface area contributed by atoms with Crippen molar-refractivity contribution in [3.8, 4) is 0 Å². The average molecular weight is 398 g/mol. The zero-order valence-corrected chi connectivity index (χ0v) is 16.9. The van der Waals surface area contributed by atoms with E-state index in [1.807, 2.05) is 4.90 Å². The first-order valence-electron chi connectivity index (χ1n) is 10.3. The molecule has 4 rings (SSSR count). The summed E-state index contributed by atoms with van der Waals surface area (Å²) < 4.78 is 0. The molecule has 1 atom stereocenters. The first-order valence-corrected chi connectivity index (χ1v) is 11.1. The third-order valence-corrected chi connectivity index (χ3v) is 7.04. The summed E-state index contributed by atoms with van der Waals surface area (Å²) in [5.74, 6) is 0.699. The minimum Gasteiger partial charge on any atom is -0.348 e. The van der Waals surface area contributed by atoms with Crippen LogP contribution in [0.5, 0.6) is 0 Å².